The third kappa shape index (κ3) is 5.56. The van der Waals surface area contributed by atoms with Crippen LogP contribution in [0.25, 0.3) is 6.08 Å². The number of nitrogens with one attached hydrogen (secondary N) is 1. The van der Waals surface area contributed by atoms with Crippen LogP contribution in [0.15, 0.2) is 83.8 Å². The van der Waals surface area contributed by atoms with E-state index in [1.807, 2.05) is 54.6 Å². The van der Waals surface area contributed by atoms with Gasteiger partial charge in [0.25, 0.3) is 5.91 Å². The molecule has 0 aliphatic carbocycles. The molecule has 32 heavy (non-hydrogen) atoms. The molecule has 0 atom stereocenters. The predicted molar refractivity (Wildman–Crippen MR) is 133 cm³/mol. The number of anilines is 1. The first-order valence-electron chi connectivity index (χ1n) is 9.62. The summed E-state index contributed by atoms with van der Waals surface area (Å²) in [5.74, 6) is 0.731. The van der Waals surface area contributed by atoms with Crippen molar-refractivity contribution in [1.29, 1.82) is 0 Å². The number of thioether (sulfide) groups is 1. The lowest BCUT2D eigenvalue weighted by molar-refractivity contribution is -0.126. The van der Waals surface area contributed by atoms with Gasteiger partial charge in [-0.2, -0.15) is 0 Å². The number of rotatable bonds is 6. The molecule has 160 valence electrons. The zero-order valence-corrected chi connectivity index (χ0v) is 19.0. The average Bonchev–Trinajstić information content (AvgIpc) is 3.03. The average molecular weight is 481 g/mol. The van der Waals surface area contributed by atoms with Crippen LogP contribution in [-0.2, 0) is 9.59 Å². The predicted octanol–water partition coefficient (Wildman–Crippen LogP) is 5.97. The van der Waals surface area contributed by atoms with Gasteiger partial charge in [0.05, 0.1) is 4.91 Å². The fourth-order valence-corrected chi connectivity index (χ4v) is 4.34. The molecule has 1 aliphatic heterocycles. The van der Waals surface area contributed by atoms with Crippen molar-refractivity contribution in [2.75, 3.05) is 11.9 Å². The molecule has 1 fully saturated rings. The fourth-order valence-electron chi connectivity index (χ4n) is 2.96. The Morgan fingerprint density at radius 3 is 2.50 bits per heavy atom. The van der Waals surface area contributed by atoms with E-state index in [-0.39, 0.29) is 18.4 Å². The molecule has 5 nitrogen and oxygen atoms in total. The summed E-state index contributed by atoms with van der Waals surface area (Å²) in [5, 5.41) is 3.31. The summed E-state index contributed by atoms with van der Waals surface area (Å²) in [6.45, 7) is -0.165. The summed E-state index contributed by atoms with van der Waals surface area (Å²) in [4.78, 5) is 27.0. The molecule has 4 rings (SSSR count). The van der Waals surface area contributed by atoms with Crippen LogP contribution < -0.4 is 10.1 Å². The van der Waals surface area contributed by atoms with Gasteiger partial charge in [-0.1, -0.05) is 65.9 Å². The minimum Gasteiger partial charge on any atom is -0.457 e. The normalized spacial score (nSPS) is 14.7. The molecule has 0 bridgehead atoms. The van der Waals surface area contributed by atoms with Crippen molar-refractivity contribution < 1.29 is 14.3 Å². The summed E-state index contributed by atoms with van der Waals surface area (Å²) < 4.78 is 6.19. The maximum absolute atomic E-state index is 12.8. The topological polar surface area (TPSA) is 58.6 Å². The van der Waals surface area contributed by atoms with Crippen molar-refractivity contribution in [2.45, 2.75) is 0 Å². The van der Waals surface area contributed by atoms with Crippen LogP contribution in [0.1, 0.15) is 5.56 Å². The Kier molecular flexibility index (Phi) is 6.90. The number of benzene rings is 3. The summed E-state index contributed by atoms with van der Waals surface area (Å²) in [6.07, 6.45) is 1.74. The minimum atomic E-state index is -0.344. The number of carbonyl (C=O) groups is 2. The van der Waals surface area contributed by atoms with Crippen LogP contribution in [-0.4, -0.2) is 27.6 Å². The molecular formula is C24H17ClN2O3S2. The van der Waals surface area contributed by atoms with E-state index < -0.39 is 0 Å². The lowest BCUT2D eigenvalue weighted by Crippen LogP contribution is -2.36. The minimum absolute atomic E-state index is 0.165. The number of nitrogens with zero attached hydrogens (tertiary/aromatic N) is 1. The van der Waals surface area contributed by atoms with Crippen LogP contribution >= 0.6 is 35.6 Å². The third-order valence-corrected chi connectivity index (χ3v) is 6.07. The Balaban J connectivity index is 1.43. The largest absolute Gasteiger partial charge is 0.457 e. The molecule has 0 spiro atoms. The van der Waals surface area contributed by atoms with Crippen molar-refractivity contribution in [3.05, 3.63) is 94.4 Å². The van der Waals surface area contributed by atoms with Crippen molar-refractivity contribution in [3.8, 4) is 11.5 Å². The van der Waals surface area contributed by atoms with E-state index in [0.717, 1.165) is 11.3 Å². The fraction of sp³-hybridized carbons (Fsp3) is 0.0417. The van der Waals surface area contributed by atoms with Crippen LogP contribution in [0.2, 0.25) is 5.02 Å². The molecular weight excluding hydrogens is 464 g/mol. The smallest absolute Gasteiger partial charge is 0.266 e. The maximum Gasteiger partial charge on any atom is 0.266 e. The van der Waals surface area contributed by atoms with E-state index in [4.69, 9.17) is 28.6 Å². The number of halogens is 1. The van der Waals surface area contributed by atoms with Gasteiger partial charge in [0, 0.05) is 10.7 Å². The molecule has 3 aromatic rings. The van der Waals surface area contributed by atoms with Crippen molar-refractivity contribution in [3.63, 3.8) is 0 Å². The highest BCUT2D eigenvalue weighted by Crippen LogP contribution is 2.33. The lowest BCUT2D eigenvalue weighted by atomic mass is 10.2. The van der Waals surface area contributed by atoms with E-state index in [2.05, 4.69) is 5.32 Å². The van der Waals surface area contributed by atoms with E-state index in [9.17, 15) is 9.59 Å². The molecule has 0 unspecified atom stereocenters. The standard InChI is InChI=1S/C24H17ClN2O3S2/c25-17-9-11-18(12-10-17)26-22(28)15-27-23(29)21(32-24(27)31)14-16-5-4-8-20(13-16)30-19-6-2-1-3-7-19/h1-14H,15H2,(H,26,28)/b21-14-. The Bertz CT molecular complexity index is 1200. The molecule has 0 aromatic heterocycles. The number of ether oxygens (including phenoxy) is 1. The highest BCUT2D eigenvalue weighted by molar-refractivity contribution is 8.26. The van der Waals surface area contributed by atoms with Gasteiger partial charge in [-0.3, -0.25) is 14.5 Å². The van der Waals surface area contributed by atoms with Crippen molar-refractivity contribution in [1.82, 2.24) is 4.90 Å². The summed E-state index contributed by atoms with van der Waals surface area (Å²) in [6, 6.07) is 23.6. The van der Waals surface area contributed by atoms with E-state index in [0.29, 0.717) is 25.7 Å². The molecule has 3 aromatic carbocycles. The van der Waals surface area contributed by atoms with Gasteiger partial charge in [-0.25, -0.2) is 0 Å². The van der Waals surface area contributed by atoms with Crippen LogP contribution in [0.5, 0.6) is 11.5 Å². The summed E-state index contributed by atoms with van der Waals surface area (Å²) >= 11 is 12.4. The van der Waals surface area contributed by atoms with Gasteiger partial charge in [0.15, 0.2) is 0 Å². The zero-order valence-electron chi connectivity index (χ0n) is 16.7. The number of hydrogen-bond acceptors (Lipinski definition) is 5. The molecule has 0 radical (unpaired) electrons. The van der Waals surface area contributed by atoms with Gasteiger partial charge in [0.2, 0.25) is 5.91 Å². The number of thiocarbonyl (C=S) groups is 1. The van der Waals surface area contributed by atoms with Gasteiger partial charge < -0.3 is 10.1 Å². The Morgan fingerprint density at radius 1 is 1.03 bits per heavy atom. The van der Waals surface area contributed by atoms with Gasteiger partial charge >= 0.3 is 0 Å². The van der Waals surface area contributed by atoms with Crippen LogP contribution in [0.4, 0.5) is 5.69 Å². The zero-order chi connectivity index (χ0) is 22.5. The first kappa shape index (κ1) is 22.1. The van der Waals surface area contributed by atoms with Crippen LogP contribution in [0.3, 0.4) is 0 Å². The quantitative estimate of drug-likeness (QED) is 0.348. The highest BCUT2D eigenvalue weighted by Gasteiger charge is 2.33. The molecule has 1 aliphatic rings. The van der Waals surface area contributed by atoms with E-state index in [1.54, 1.807) is 30.3 Å². The lowest BCUT2D eigenvalue weighted by Gasteiger charge is -2.14. The second kappa shape index (κ2) is 9.99. The number of hydrogen-bond donors (Lipinski definition) is 1. The second-order valence-corrected chi connectivity index (χ2v) is 8.92. The van der Waals surface area contributed by atoms with Gasteiger partial charge in [-0.05, 0) is 60.2 Å². The number of amides is 2. The Labute approximate surface area is 200 Å². The van der Waals surface area contributed by atoms with E-state index >= 15 is 0 Å². The van der Waals surface area contributed by atoms with Crippen LogP contribution in [0, 0.1) is 0 Å². The SMILES string of the molecule is O=C(CN1C(=O)/C(=C/c2cccc(Oc3ccccc3)c2)SC1=S)Nc1ccc(Cl)cc1. The van der Waals surface area contributed by atoms with E-state index in [1.165, 1.54) is 16.7 Å². The number of para-hydroxylation sites is 1. The number of carbonyl (C=O) groups excluding carboxylic acids is 2. The van der Waals surface area contributed by atoms with Gasteiger partial charge in [-0.15, -0.1) is 0 Å². The monoisotopic (exact) mass is 480 g/mol. The highest BCUT2D eigenvalue weighted by atomic mass is 35.5. The maximum atomic E-state index is 12.8. The van der Waals surface area contributed by atoms with Gasteiger partial charge in [0.1, 0.15) is 22.4 Å². The first-order chi connectivity index (χ1) is 15.5. The van der Waals surface area contributed by atoms with Crippen molar-refractivity contribution >= 4 is 63.5 Å². The molecule has 1 N–H and O–H groups in total. The molecule has 1 heterocycles. The summed E-state index contributed by atoms with van der Waals surface area (Å²) in [7, 11) is 0. The Hall–Kier alpha value is -3.13. The Morgan fingerprint density at radius 2 is 1.75 bits per heavy atom. The summed E-state index contributed by atoms with van der Waals surface area (Å²) in [5.41, 5.74) is 1.39. The molecule has 2 amide bonds. The molecule has 8 heteroatoms. The molecule has 1 saturated heterocycles. The van der Waals surface area contributed by atoms with Crippen molar-refractivity contribution in [2.24, 2.45) is 0 Å². The second-order valence-electron chi connectivity index (χ2n) is 6.81. The third-order valence-electron chi connectivity index (χ3n) is 4.44. The molecule has 0 saturated carbocycles. The first-order valence-corrected chi connectivity index (χ1v) is 11.2.